The Kier molecular flexibility index (Phi) is 42.5. The van der Waals surface area contributed by atoms with Crippen molar-refractivity contribution in [1.82, 2.24) is 0 Å². The average molecular weight is 871 g/mol. The SMILES string of the molecule is CC/C=C\C/C=C\C/C=C\C/C=C\CCCCCCCCCCCCC(=O)OC(COCCC(C(=O)O)[N+](C)(C)C)COC(=O)CCCCCCC/C=C\CCCCCCCC. The average Bonchev–Trinajstić information content (AvgIpc) is 3.23. The zero-order chi connectivity index (χ0) is 45.6. The summed E-state index contributed by atoms with van der Waals surface area (Å²) < 4.78 is 17.3. The molecule has 358 valence electrons. The molecule has 1 N–H and O–H groups in total. The van der Waals surface area contributed by atoms with Gasteiger partial charge in [0.25, 0.3) is 0 Å². The highest BCUT2D eigenvalue weighted by Gasteiger charge is 2.31. The van der Waals surface area contributed by atoms with E-state index in [-0.39, 0.29) is 36.2 Å². The molecular weight excluding hydrogens is 775 g/mol. The summed E-state index contributed by atoms with van der Waals surface area (Å²) in [4.78, 5) is 37.1. The molecule has 0 aliphatic carbocycles. The Morgan fingerprint density at radius 3 is 1.35 bits per heavy atom. The Labute approximate surface area is 381 Å². The Morgan fingerprint density at radius 1 is 0.500 bits per heavy atom. The molecule has 0 aromatic rings. The van der Waals surface area contributed by atoms with Gasteiger partial charge >= 0.3 is 17.9 Å². The van der Waals surface area contributed by atoms with Gasteiger partial charge in [-0.05, 0) is 77.0 Å². The summed E-state index contributed by atoms with van der Waals surface area (Å²) >= 11 is 0. The highest BCUT2D eigenvalue weighted by atomic mass is 16.6. The molecular formula is C54H96NO7+. The van der Waals surface area contributed by atoms with Crippen LogP contribution in [0, 0.1) is 0 Å². The lowest BCUT2D eigenvalue weighted by Crippen LogP contribution is -2.50. The number of aliphatic carboxylic acids is 1. The molecule has 0 saturated carbocycles. The van der Waals surface area contributed by atoms with E-state index < -0.39 is 18.1 Å². The molecule has 0 spiro atoms. The summed E-state index contributed by atoms with van der Waals surface area (Å²) in [5.74, 6) is -1.48. The summed E-state index contributed by atoms with van der Waals surface area (Å²) in [7, 11) is 5.53. The maximum absolute atomic E-state index is 12.8. The van der Waals surface area contributed by atoms with E-state index in [1.807, 2.05) is 21.1 Å². The van der Waals surface area contributed by atoms with Gasteiger partial charge in [0.1, 0.15) is 6.61 Å². The summed E-state index contributed by atoms with van der Waals surface area (Å²) in [6.07, 6.45) is 55.5. The lowest BCUT2D eigenvalue weighted by atomic mass is 10.0. The lowest BCUT2D eigenvalue weighted by molar-refractivity contribution is -0.887. The second-order valence-corrected chi connectivity index (χ2v) is 18.0. The second kappa shape index (κ2) is 44.6. The lowest BCUT2D eigenvalue weighted by Gasteiger charge is -2.31. The van der Waals surface area contributed by atoms with Crippen LogP contribution in [0.2, 0.25) is 0 Å². The third-order valence-corrected chi connectivity index (χ3v) is 11.2. The Morgan fingerprint density at radius 2 is 0.903 bits per heavy atom. The molecule has 0 heterocycles. The summed E-state index contributed by atoms with van der Waals surface area (Å²) in [5, 5.41) is 9.65. The number of esters is 2. The first-order valence-electron chi connectivity index (χ1n) is 25.3. The molecule has 2 unspecified atom stereocenters. The number of rotatable bonds is 45. The number of ether oxygens (including phenoxy) is 3. The molecule has 8 heteroatoms. The van der Waals surface area contributed by atoms with E-state index in [4.69, 9.17) is 14.2 Å². The molecule has 0 bridgehead atoms. The molecule has 0 aromatic carbocycles. The van der Waals surface area contributed by atoms with Crippen LogP contribution in [-0.2, 0) is 28.6 Å². The van der Waals surface area contributed by atoms with Crippen molar-refractivity contribution >= 4 is 17.9 Å². The zero-order valence-electron chi connectivity index (χ0n) is 40.8. The summed E-state index contributed by atoms with van der Waals surface area (Å²) in [5.41, 5.74) is 0. The summed E-state index contributed by atoms with van der Waals surface area (Å²) in [6, 6.07) is -0.618. The number of likely N-dealkylation sites (N-methyl/N-ethyl adjacent to an activating group) is 1. The standard InChI is InChI=1S/C54H95NO7/c1-6-8-10-12-14-16-18-20-22-23-24-25-26-27-28-29-31-33-35-37-39-41-43-45-53(57)62-50(48-60-47-46-51(54(58)59)55(3,4)5)49-61-52(56)44-42-40-38-36-34-32-30-21-19-17-15-13-11-9-7-2/h8,10,14,16,20-22,24-25,30,50-51H,6-7,9,11-13,15,17-19,23,26-29,31-49H2,1-5H3/p+1/b10-8-,16-14-,22-20-,25-24-,30-21-. The predicted octanol–water partition coefficient (Wildman–Crippen LogP) is 14.5. The third-order valence-electron chi connectivity index (χ3n) is 11.2. The van der Waals surface area contributed by atoms with E-state index in [1.165, 1.54) is 103 Å². The minimum atomic E-state index is -0.877. The van der Waals surface area contributed by atoms with Crippen LogP contribution in [0.15, 0.2) is 60.8 Å². The molecule has 0 radical (unpaired) electrons. The molecule has 0 aliphatic rings. The van der Waals surface area contributed by atoms with Crippen LogP contribution in [0.25, 0.3) is 0 Å². The number of carboxylic acids is 1. The maximum Gasteiger partial charge on any atom is 0.362 e. The fourth-order valence-electron chi connectivity index (χ4n) is 7.25. The molecule has 0 fully saturated rings. The Bertz CT molecular complexity index is 1200. The van der Waals surface area contributed by atoms with Crippen molar-refractivity contribution in [3.8, 4) is 0 Å². The molecule has 0 aromatic heterocycles. The van der Waals surface area contributed by atoms with Crippen molar-refractivity contribution in [2.24, 2.45) is 0 Å². The van der Waals surface area contributed by atoms with Crippen molar-refractivity contribution in [2.45, 2.75) is 225 Å². The van der Waals surface area contributed by atoms with Crippen LogP contribution in [-0.4, -0.2) is 80.6 Å². The van der Waals surface area contributed by atoms with Crippen molar-refractivity contribution in [2.75, 3.05) is 41.0 Å². The first kappa shape index (κ1) is 59.0. The third kappa shape index (κ3) is 42.3. The smallest absolute Gasteiger partial charge is 0.362 e. The van der Waals surface area contributed by atoms with E-state index in [0.717, 1.165) is 77.0 Å². The Hall–Kier alpha value is -2.97. The topological polar surface area (TPSA) is 99.1 Å². The number of hydrogen-bond donors (Lipinski definition) is 1. The number of hydrogen-bond acceptors (Lipinski definition) is 6. The molecule has 0 saturated heterocycles. The van der Waals surface area contributed by atoms with Crippen molar-refractivity contribution in [3.63, 3.8) is 0 Å². The number of nitrogens with zero attached hydrogens (tertiary/aromatic N) is 1. The first-order chi connectivity index (χ1) is 30.1. The van der Waals surface area contributed by atoms with E-state index in [9.17, 15) is 19.5 Å². The zero-order valence-corrected chi connectivity index (χ0v) is 40.8. The van der Waals surface area contributed by atoms with Crippen LogP contribution >= 0.6 is 0 Å². The van der Waals surface area contributed by atoms with Gasteiger partial charge < -0.3 is 23.8 Å². The van der Waals surface area contributed by atoms with Gasteiger partial charge in [0.2, 0.25) is 0 Å². The van der Waals surface area contributed by atoms with Gasteiger partial charge in [-0.25, -0.2) is 4.79 Å². The summed E-state index contributed by atoms with van der Waals surface area (Å²) in [6.45, 7) is 4.62. The molecule has 8 nitrogen and oxygen atoms in total. The minimum Gasteiger partial charge on any atom is -0.477 e. The van der Waals surface area contributed by atoms with E-state index >= 15 is 0 Å². The largest absolute Gasteiger partial charge is 0.477 e. The van der Waals surface area contributed by atoms with Crippen molar-refractivity contribution in [1.29, 1.82) is 0 Å². The predicted molar refractivity (Wildman–Crippen MR) is 261 cm³/mol. The highest BCUT2D eigenvalue weighted by Crippen LogP contribution is 2.15. The van der Waals surface area contributed by atoms with Crippen molar-refractivity contribution in [3.05, 3.63) is 60.8 Å². The number of carboxylic acid groups (broad SMARTS) is 1. The molecule has 0 amide bonds. The fourth-order valence-corrected chi connectivity index (χ4v) is 7.25. The van der Waals surface area contributed by atoms with Gasteiger partial charge in [-0.15, -0.1) is 0 Å². The van der Waals surface area contributed by atoms with Gasteiger partial charge in [-0.1, -0.05) is 177 Å². The Balaban J connectivity index is 4.25. The highest BCUT2D eigenvalue weighted by molar-refractivity contribution is 5.72. The second-order valence-electron chi connectivity index (χ2n) is 18.0. The normalized spacial score (nSPS) is 13.4. The van der Waals surface area contributed by atoms with Gasteiger partial charge in [0, 0.05) is 19.3 Å². The molecule has 62 heavy (non-hydrogen) atoms. The molecule has 0 rings (SSSR count). The molecule has 2 atom stereocenters. The van der Waals surface area contributed by atoms with Crippen LogP contribution in [0.1, 0.15) is 213 Å². The maximum atomic E-state index is 12.8. The van der Waals surface area contributed by atoms with Crippen LogP contribution in [0.5, 0.6) is 0 Å². The van der Waals surface area contributed by atoms with Crippen LogP contribution < -0.4 is 0 Å². The van der Waals surface area contributed by atoms with Gasteiger partial charge in [0.15, 0.2) is 12.1 Å². The van der Waals surface area contributed by atoms with E-state index in [2.05, 4.69) is 74.6 Å². The van der Waals surface area contributed by atoms with Crippen LogP contribution in [0.3, 0.4) is 0 Å². The van der Waals surface area contributed by atoms with E-state index in [1.54, 1.807) is 0 Å². The number of allylic oxidation sites excluding steroid dienone is 10. The number of carbonyl (C=O) groups excluding carboxylic acids is 2. The first-order valence-corrected chi connectivity index (χ1v) is 25.3. The number of quaternary nitrogens is 1. The van der Waals surface area contributed by atoms with Gasteiger partial charge in [0.05, 0.1) is 34.4 Å². The molecule has 0 aliphatic heterocycles. The van der Waals surface area contributed by atoms with Gasteiger partial charge in [-0.2, -0.15) is 0 Å². The fraction of sp³-hybridized carbons (Fsp3) is 0.759. The van der Waals surface area contributed by atoms with Crippen LogP contribution in [0.4, 0.5) is 0 Å². The van der Waals surface area contributed by atoms with Crippen molar-refractivity contribution < 1.29 is 38.2 Å². The van der Waals surface area contributed by atoms with E-state index in [0.29, 0.717) is 19.3 Å². The number of carbonyl (C=O) groups is 3. The number of unbranched alkanes of at least 4 members (excludes halogenated alkanes) is 21. The minimum absolute atomic E-state index is 0.0559. The quantitative estimate of drug-likeness (QED) is 0.0282. The van der Waals surface area contributed by atoms with Gasteiger partial charge in [-0.3, -0.25) is 9.59 Å². The monoisotopic (exact) mass is 871 g/mol.